The fraction of sp³-hybridized carbons (Fsp3) is 0.949. The lowest BCUT2D eigenvalue weighted by Gasteiger charge is -2.44. The number of unbranched alkanes of at least 4 members (excludes halogenated alkanes) is 15. The molecule has 0 aromatic carbocycles. The number of aliphatic carboxylic acids is 2. The lowest BCUT2D eigenvalue weighted by atomic mass is 9.59. The highest BCUT2D eigenvalue weighted by Crippen LogP contribution is 2.49. The van der Waals surface area contributed by atoms with Crippen LogP contribution in [-0.4, -0.2) is 22.2 Å². The van der Waals surface area contributed by atoms with E-state index in [4.69, 9.17) is 5.11 Å². The minimum absolute atomic E-state index is 0.159. The van der Waals surface area contributed by atoms with Gasteiger partial charge in [0, 0.05) is 6.42 Å². The molecule has 256 valence electrons. The molecule has 0 bridgehead atoms. The van der Waals surface area contributed by atoms with Gasteiger partial charge in [-0.15, -0.1) is 0 Å². The molecule has 0 saturated carbocycles. The lowest BCUT2D eigenvalue weighted by Crippen LogP contribution is -2.45. The third kappa shape index (κ3) is 19.1. The molecule has 4 heteroatoms. The second kappa shape index (κ2) is 27.3. The first kappa shape index (κ1) is 41.9. The van der Waals surface area contributed by atoms with Crippen LogP contribution in [0, 0.1) is 29.1 Å². The maximum atomic E-state index is 13.3. The summed E-state index contributed by atoms with van der Waals surface area (Å²) < 4.78 is 0. The summed E-state index contributed by atoms with van der Waals surface area (Å²) in [5.74, 6) is 0.407. The highest BCUT2D eigenvalue weighted by molar-refractivity contribution is 5.75. The Morgan fingerprint density at radius 3 is 1.35 bits per heavy atom. The lowest BCUT2D eigenvalue weighted by molar-refractivity contribution is -0.160. The molecule has 0 aliphatic rings. The molecule has 4 atom stereocenters. The van der Waals surface area contributed by atoms with Crippen molar-refractivity contribution >= 4 is 11.9 Å². The van der Waals surface area contributed by atoms with Gasteiger partial charge in [0.15, 0.2) is 0 Å². The minimum Gasteiger partial charge on any atom is -0.481 e. The van der Waals surface area contributed by atoms with Crippen molar-refractivity contribution in [3.05, 3.63) is 0 Å². The van der Waals surface area contributed by atoms with Gasteiger partial charge in [0.2, 0.25) is 0 Å². The molecular weight excluding hydrogens is 532 g/mol. The van der Waals surface area contributed by atoms with Crippen LogP contribution in [-0.2, 0) is 9.59 Å². The topological polar surface area (TPSA) is 74.6 Å². The van der Waals surface area contributed by atoms with Crippen molar-refractivity contribution in [2.75, 3.05) is 0 Å². The molecule has 0 saturated heterocycles. The van der Waals surface area contributed by atoms with E-state index in [9.17, 15) is 14.7 Å². The summed E-state index contributed by atoms with van der Waals surface area (Å²) in [6.07, 6.45) is 30.1. The van der Waals surface area contributed by atoms with Crippen LogP contribution >= 0.6 is 0 Å². The van der Waals surface area contributed by atoms with Crippen molar-refractivity contribution in [1.29, 1.82) is 0 Å². The molecule has 4 nitrogen and oxygen atoms in total. The highest BCUT2D eigenvalue weighted by Gasteiger charge is 2.49. The van der Waals surface area contributed by atoms with Gasteiger partial charge >= 0.3 is 11.9 Å². The van der Waals surface area contributed by atoms with Gasteiger partial charge in [-0.2, -0.15) is 0 Å². The smallest absolute Gasteiger partial charge is 0.310 e. The Morgan fingerprint density at radius 2 is 0.977 bits per heavy atom. The summed E-state index contributed by atoms with van der Waals surface area (Å²) in [4.78, 5) is 23.8. The van der Waals surface area contributed by atoms with Gasteiger partial charge in [0.05, 0.1) is 5.41 Å². The van der Waals surface area contributed by atoms with Gasteiger partial charge in [0.1, 0.15) is 0 Å². The van der Waals surface area contributed by atoms with E-state index in [1.54, 1.807) is 0 Å². The van der Waals surface area contributed by atoms with Crippen molar-refractivity contribution < 1.29 is 19.8 Å². The van der Waals surface area contributed by atoms with Gasteiger partial charge in [-0.05, 0) is 49.4 Å². The predicted molar refractivity (Wildman–Crippen MR) is 186 cm³/mol. The van der Waals surface area contributed by atoms with Gasteiger partial charge in [-0.3, -0.25) is 9.59 Å². The second-order valence-corrected chi connectivity index (χ2v) is 14.4. The molecule has 43 heavy (non-hydrogen) atoms. The maximum Gasteiger partial charge on any atom is 0.310 e. The Bertz CT molecular complexity index is 660. The SMILES string of the molecule is CCCCC(CC)CC(CCCCCCCCCCCCCCCCC(=O)O)C(CC(CC)CCCC)(C(=O)O)C(C)C. The third-order valence-electron chi connectivity index (χ3n) is 10.7. The van der Waals surface area contributed by atoms with Crippen LogP contribution in [0.3, 0.4) is 0 Å². The first-order valence-electron chi connectivity index (χ1n) is 19.1. The van der Waals surface area contributed by atoms with E-state index in [1.165, 1.54) is 122 Å². The van der Waals surface area contributed by atoms with Crippen LogP contribution < -0.4 is 0 Å². The average molecular weight is 609 g/mol. The first-order valence-corrected chi connectivity index (χ1v) is 19.1. The van der Waals surface area contributed by atoms with Gasteiger partial charge < -0.3 is 10.2 Å². The number of hydrogen-bond acceptors (Lipinski definition) is 2. The Morgan fingerprint density at radius 1 is 0.558 bits per heavy atom. The molecule has 0 aliphatic heterocycles. The maximum absolute atomic E-state index is 13.3. The van der Waals surface area contributed by atoms with Crippen molar-refractivity contribution in [1.82, 2.24) is 0 Å². The van der Waals surface area contributed by atoms with Crippen LogP contribution in [0.5, 0.6) is 0 Å². The molecular formula is C39H76O4. The van der Waals surface area contributed by atoms with E-state index >= 15 is 0 Å². The molecule has 0 rings (SSSR count). The number of rotatable bonds is 32. The quantitative estimate of drug-likeness (QED) is 0.0745. The van der Waals surface area contributed by atoms with E-state index in [2.05, 4.69) is 41.5 Å². The van der Waals surface area contributed by atoms with E-state index in [0.717, 1.165) is 38.5 Å². The van der Waals surface area contributed by atoms with Crippen molar-refractivity contribution in [2.45, 2.75) is 208 Å². The van der Waals surface area contributed by atoms with E-state index in [-0.39, 0.29) is 11.8 Å². The Balaban J connectivity index is 4.82. The van der Waals surface area contributed by atoms with Crippen LogP contribution in [0.4, 0.5) is 0 Å². The zero-order chi connectivity index (χ0) is 32.3. The Kier molecular flexibility index (Phi) is 26.6. The van der Waals surface area contributed by atoms with Crippen molar-refractivity contribution in [3.63, 3.8) is 0 Å². The fourth-order valence-electron chi connectivity index (χ4n) is 7.56. The van der Waals surface area contributed by atoms with Gasteiger partial charge in [0.25, 0.3) is 0 Å². The van der Waals surface area contributed by atoms with Gasteiger partial charge in [-0.25, -0.2) is 0 Å². The summed E-state index contributed by atoms with van der Waals surface area (Å²) in [7, 11) is 0. The van der Waals surface area contributed by atoms with Crippen LogP contribution in [0.1, 0.15) is 208 Å². The summed E-state index contributed by atoms with van der Waals surface area (Å²) in [5, 5.41) is 19.6. The molecule has 0 heterocycles. The molecule has 0 spiro atoms. The zero-order valence-electron chi connectivity index (χ0n) is 29.9. The summed E-state index contributed by atoms with van der Waals surface area (Å²) in [6.45, 7) is 13.5. The monoisotopic (exact) mass is 609 g/mol. The molecule has 4 unspecified atom stereocenters. The Hall–Kier alpha value is -1.06. The normalized spacial score (nSPS) is 15.3. The van der Waals surface area contributed by atoms with Crippen LogP contribution in [0.15, 0.2) is 0 Å². The molecule has 0 aromatic rings. The highest BCUT2D eigenvalue weighted by atomic mass is 16.4. The number of carbonyl (C=O) groups is 2. The third-order valence-corrected chi connectivity index (χ3v) is 10.7. The molecule has 0 amide bonds. The molecule has 2 N–H and O–H groups in total. The second-order valence-electron chi connectivity index (χ2n) is 14.4. The summed E-state index contributed by atoms with van der Waals surface area (Å²) in [5.41, 5.74) is -0.605. The van der Waals surface area contributed by atoms with Crippen LogP contribution in [0.2, 0.25) is 0 Å². The molecule has 0 aromatic heterocycles. The Labute approximate surface area is 269 Å². The molecule has 0 radical (unpaired) electrons. The van der Waals surface area contributed by atoms with Gasteiger partial charge in [-0.1, -0.05) is 176 Å². The first-order chi connectivity index (χ1) is 20.7. The number of hydrogen-bond donors (Lipinski definition) is 2. The fourth-order valence-corrected chi connectivity index (χ4v) is 7.56. The minimum atomic E-state index is -0.670. The number of carboxylic acids is 2. The average Bonchev–Trinajstić information content (AvgIpc) is 2.97. The van der Waals surface area contributed by atoms with Crippen molar-refractivity contribution in [3.8, 4) is 0 Å². The zero-order valence-corrected chi connectivity index (χ0v) is 29.9. The molecule has 0 aliphatic carbocycles. The molecule has 0 fully saturated rings. The predicted octanol–water partition coefficient (Wildman–Crippen LogP) is 12.9. The largest absolute Gasteiger partial charge is 0.481 e. The van der Waals surface area contributed by atoms with E-state index in [0.29, 0.717) is 18.3 Å². The van der Waals surface area contributed by atoms with Crippen LogP contribution in [0.25, 0.3) is 0 Å². The number of carboxylic acid groups (broad SMARTS) is 2. The summed E-state index contributed by atoms with van der Waals surface area (Å²) >= 11 is 0. The van der Waals surface area contributed by atoms with E-state index in [1.807, 2.05) is 0 Å². The standard InChI is InChI=1S/C39H76O4/c1-7-11-27-34(9-3)31-36(39(33(5)6,38(42)43)32-35(10-4)28-12-8-2)29-25-23-21-19-17-15-13-14-16-18-20-22-24-26-30-37(40)41/h33-36H,7-32H2,1-6H3,(H,40,41)(H,42,43). The van der Waals surface area contributed by atoms with Crippen molar-refractivity contribution in [2.24, 2.45) is 29.1 Å². The van der Waals surface area contributed by atoms with E-state index < -0.39 is 17.4 Å². The summed E-state index contributed by atoms with van der Waals surface area (Å²) in [6, 6.07) is 0.